The fraction of sp³-hybridized carbons (Fsp3) is 0.111. The van der Waals surface area contributed by atoms with E-state index in [1.54, 1.807) is 18.3 Å². The fourth-order valence-corrected chi connectivity index (χ4v) is 2.52. The summed E-state index contributed by atoms with van der Waals surface area (Å²) in [6.07, 6.45) is 5.28. The third-order valence-electron chi connectivity index (χ3n) is 3.83. The normalized spacial score (nSPS) is 11.7. The summed E-state index contributed by atoms with van der Waals surface area (Å²) in [7, 11) is 1.82. The number of allylic oxidation sites excluding steroid dienone is 2. The summed E-state index contributed by atoms with van der Waals surface area (Å²) in [4.78, 5) is 12.0. The summed E-state index contributed by atoms with van der Waals surface area (Å²) in [5.41, 5.74) is 10.8. The minimum absolute atomic E-state index is 0.214. The molecule has 6 heteroatoms. The lowest BCUT2D eigenvalue weighted by Gasteiger charge is -2.07. The number of imidazole rings is 1. The molecule has 122 valence electrons. The molecule has 0 unspecified atom stereocenters. The zero-order valence-corrected chi connectivity index (χ0v) is 13.6. The van der Waals surface area contributed by atoms with Crippen molar-refractivity contribution in [2.24, 2.45) is 0 Å². The first-order valence-electron chi connectivity index (χ1n) is 7.49. The zero-order valence-electron chi connectivity index (χ0n) is 13.6. The van der Waals surface area contributed by atoms with Crippen LogP contribution in [-0.4, -0.2) is 27.1 Å². The first-order valence-corrected chi connectivity index (χ1v) is 7.49. The lowest BCUT2D eigenvalue weighted by atomic mass is 10.1. The maximum atomic E-state index is 9.84. The first-order chi connectivity index (χ1) is 11.5. The van der Waals surface area contributed by atoms with Gasteiger partial charge in [-0.3, -0.25) is 0 Å². The van der Waals surface area contributed by atoms with Crippen LogP contribution >= 0.6 is 0 Å². The second-order valence-corrected chi connectivity index (χ2v) is 5.49. The molecule has 3 aromatic rings. The number of aromatic amines is 1. The number of anilines is 1. The van der Waals surface area contributed by atoms with E-state index < -0.39 is 0 Å². The van der Waals surface area contributed by atoms with Crippen LogP contribution in [0.15, 0.2) is 43.3 Å². The van der Waals surface area contributed by atoms with Gasteiger partial charge in [0.05, 0.1) is 16.6 Å². The molecule has 6 nitrogen and oxygen atoms in total. The molecule has 3 rings (SSSR count). The molecule has 0 amide bonds. The second-order valence-electron chi connectivity index (χ2n) is 5.49. The van der Waals surface area contributed by atoms with Crippen molar-refractivity contribution < 1.29 is 5.11 Å². The van der Waals surface area contributed by atoms with Crippen molar-refractivity contribution in [3.05, 3.63) is 54.4 Å². The van der Waals surface area contributed by atoms with E-state index in [2.05, 4.69) is 26.8 Å². The average Bonchev–Trinajstić information content (AvgIpc) is 2.96. The van der Waals surface area contributed by atoms with Gasteiger partial charge >= 0.3 is 0 Å². The summed E-state index contributed by atoms with van der Waals surface area (Å²) in [5, 5.41) is 12.8. The van der Waals surface area contributed by atoms with Gasteiger partial charge in [-0.2, -0.15) is 0 Å². The Hall–Kier alpha value is -3.28. The Morgan fingerprint density at radius 1 is 1.38 bits per heavy atom. The smallest absolute Gasteiger partial charge is 0.142 e. The summed E-state index contributed by atoms with van der Waals surface area (Å²) >= 11 is 0. The van der Waals surface area contributed by atoms with Crippen LogP contribution in [-0.2, 0) is 0 Å². The highest BCUT2D eigenvalue weighted by molar-refractivity contribution is 5.85. The standard InChI is InChI=1S/C18H19N5O/c1-4-11(8-20-3)12-6-13(17(19)21-9-12)18-22-14-5-10(2)16(24)7-15(14)23-18/h4-9,20,24H,1H2,2-3H3,(H2,19,21)(H,22,23)/b11-8+. The average molecular weight is 321 g/mol. The molecule has 0 saturated heterocycles. The molecule has 24 heavy (non-hydrogen) atoms. The monoisotopic (exact) mass is 321 g/mol. The number of hydrogen-bond acceptors (Lipinski definition) is 5. The molecule has 0 aliphatic rings. The summed E-state index contributed by atoms with van der Waals surface area (Å²) in [6, 6.07) is 5.40. The number of H-pyrrole nitrogens is 1. The number of aromatic hydroxyl groups is 1. The van der Waals surface area contributed by atoms with Gasteiger partial charge in [0, 0.05) is 31.1 Å². The minimum atomic E-state index is 0.214. The Balaban J connectivity index is 2.15. The SMILES string of the molecule is C=C/C(=C\NC)c1cnc(N)c(-c2nc3cc(O)c(C)cc3[nH]2)c1. The largest absolute Gasteiger partial charge is 0.508 e. The number of nitrogens with two attached hydrogens (primary N) is 1. The summed E-state index contributed by atoms with van der Waals surface area (Å²) in [6.45, 7) is 5.65. The quantitative estimate of drug-likeness (QED) is 0.554. The van der Waals surface area contributed by atoms with E-state index in [-0.39, 0.29) is 5.75 Å². The minimum Gasteiger partial charge on any atom is -0.508 e. The van der Waals surface area contributed by atoms with Gasteiger partial charge in [0.2, 0.25) is 0 Å². The Morgan fingerprint density at radius 2 is 2.17 bits per heavy atom. The second kappa shape index (κ2) is 6.08. The summed E-state index contributed by atoms with van der Waals surface area (Å²) in [5.74, 6) is 1.20. The first kappa shape index (κ1) is 15.6. The van der Waals surface area contributed by atoms with Crippen LogP contribution in [0.1, 0.15) is 11.1 Å². The van der Waals surface area contributed by atoms with Crippen molar-refractivity contribution in [3.8, 4) is 17.1 Å². The topological polar surface area (TPSA) is 99.8 Å². The molecule has 2 heterocycles. The zero-order chi connectivity index (χ0) is 17.3. The predicted molar refractivity (Wildman–Crippen MR) is 97.4 cm³/mol. The molecular formula is C18H19N5O. The number of aryl methyl sites for hydroxylation is 1. The van der Waals surface area contributed by atoms with Crippen LogP contribution in [0.5, 0.6) is 5.75 Å². The molecule has 0 spiro atoms. The number of nitrogen functional groups attached to an aromatic ring is 1. The Labute approximate surface area is 139 Å². The molecule has 0 fully saturated rings. The van der Waals surface area contributed by atoms with Crippen LogP contribution in [0, 0.1) is 6.92 Å². The number of benzene rings is 1. The molecule has 0 saturated carbocycles. The van der Waals surface area contributed by atoms with Gasteiger partial charge in [0.25, 0.3) is 0 Å². The van der Waals surface area contributed by atoms with Gasteiger partial charge < -0.3 is 21.1 Å². The molecule has 2 aromatic heterocycles. The number of pyridine rings is 1. The number of aromatic nitrogens is 3. The van der Waals surface area contributed by atoms with Gasteiger partial charge in [-0.1, -0.05) is 12.7 Å². The highest BCUT2D eigenvalue weighted by Crippen LogP contribution is 2.29. The van der Waals surface area contributed by atoms with Crippen molar-refractivity contribution in [2.75, 3.05) is 12.8 Å². The van der Waals surface area contributed by atoms with Crippen LogP contribution in [0.2, 0.25) is 0 Å². The van der Waals surface area contributed by atoms with Gasteiger partial charge in [-0.15, -0.1) is 0 Å². The summed E-state index contributed by atoms with van der Waals surface area (Å²) < 4.78 is 0. The van der Waals surface area contributed by atoms with Crippen molar-refractivity contribution >= 4 is 22.4 Å². The lowest BCUT2D eigenvalue weighted by Crippen LogP contribution is -1.99. The van der Waals surface area contributed by atoms with Crippen molar-refractivity contribution in [1.29, 1.82) is 0 Å². The number of fused-ring (bicyclic) bond motifs is 1. The van der Waals surface area contributed by atoms with Gasteiger partial charge in [0.15, 0.2) is 0 Å². The van der Waals surface area contributed by atoms with Crippen molar-refractivity contribution in [2.45, 2.75) is 6.92 Å². The number of nitrogens with one attached hydrogen (secondary N) is 2. The number of hydrogen-bond donors (Lipinski definition) is 4. The fourth-order valence-electron chi connectivity index (χ4n) is 2.52. The maximum absolute atomic E-state index is 9.84. The van der Waals surface area contributed by atoms with E-state index >= 15 is 0 Å². The highest BCUT2D eigenvalue weighted by Gasteiger charge is 2.12. The maximum Gasteiger partial charge on any atom is 0.142 e. The Kier molecular flexibility index (Phi) is 3.95. The van der Waals surface area contributed by atoms with Crippen molar-refractivity contribution in [1.82, 2.24) is 20.3 Å². The molecule has 1 aromatic carbocycles. The molecule has 0 atom stereocenters. The molecule has 0 aliphatic heterocycles. The number of rotatable bonds is 4. The van der Waals surface area contributed by atoms with E-state index in [0.717, 1.165) is 22.2 Å². The lowest BCUT2D eigenvalue weighted by molar-refractivity contribution is 0.472. The molecular weight excluding hydrogens is 302 g/mol. The number of phenolic OH excluding ortho intramolecular Hbond substituents is 1. The van der Waals surface area contributed by atoms with E-state index in [9.17, 15) is 5.11 Å². The van der Waals surface area contributed by atoms with Crippen LogP contribution in [0.4, 0.5) is 5.82 Å². The number of nitrogens with zero attached hydrogens (tertiary/aromatic N) is 2. The van der Waals surface area contributed by atoms with Crippen LogP contribution in [0.25, 0.3) is 28.0 Å². The third-order valence-corrected chi connectivity index (χ3v) is 3.83. The van der Waals surface area contributed by atoms with Crippen LogP contribution < -0.4 is 11.1 Å². The van der Waals surface area contributed by atoms with Gasteiger partial charge in [-0.05, 0) is 30.2 Å². The Bertz CT molecular complexity index is 916. The van der Waals surface area contributed by atoms with E-state index in [4.69, 9.17) is 5.73 Å². The van der Waals surface area contributed by atoms with E-state index in [1.165, 1.54) is 0 Å². The van der Waals surface area contributed by atoms with Gasteiger partial charge in [-0.25, -0.2) is 9.97 Å². The van der Waals surface area contributed by atoms with E-state index in [0.29, 0.717) is 22.7 Å². The van der Waals surface area contributed by atoms with Gasteiger partial charge in [0.1, 0.15) is 17.4 Å². The van der Waals surface area contributed by atoms with Crippen molar-refractivity contribution in [3.63, 3.8) is 0 Å². The Morgan fingerprint density at radius 3 is 2.88 bits per heavy atom. The molecule has 0 aliphatic carbocycles. The third kappa shape index (κ3) is 2.69. The highest BCUT2D eigenvalue weighted by atomic mass is 16.3. The molecule has 0 bridgehead atoms. The molecule has 0 radical (unpaired) electrons. The van der Waals surface area contributed by atoms with E-state index in [1.807, 2.05) is 32.3 Å². The number of phenols is 1. The predicted octanol–water partition coefficient (Wildman–Crippen LogP) is 2.97. The molecule has 5 N–H and O–H groups in total. The van der Waals surface area contributed by atoms with Crippen LogP contribution in [0.3, 0.4) is 0 Å².